The Bertz CT molecular complexity index is 592. The lowest BCUT2D eigenvalue weighted by molar-refractivity contribution is -0.113. The number of hydrogen-bond acceptors (Lipinski definition) is 2. The van der Waals surface area contributed by atoms with Crippen LogP contribution in [0.4, 0.5) is 0 Å². The highest BCUT2D eigenvalue weighted by atomic mass is 16.1. The van der Waals surface area contributed by atoms with Gasteiger partial charge in [0.1, 0.15) is 0 Å². The Balaban J connectivity index is 5.83. The van der Waals surface area contributed by atoms with Crippen molar-refractivity contribution in [3.05, 3.63) is 71.0 Å². The van der Waals surface area contributed by atoms with E-state index in [9.17, 15) is 4.79 Å². The molecule has 0 aromatic rings. The summed E-state index contributed by atoms with van der Waals surface area (Å²) in [5.41, 5.74) is 5.29. The lowest BCUT2D eigenvalue weighted by atomic mass is 9.95. The van der Waals surface area contributed by atoms with Gasteiger partial charge in [0.25, 0.3) is 0 Å². The van der Waals surface area contributed by atoms with Gasteiger partial charge in [-0.1, -0.05) is 31.4 Å². The van der Waals surface area contributed by atoms with E-state index in [1.165, 1.54) is 0 Å². The van der Waals surface area contributed by atoms with E-state index in [4.69, 9.17) is 0 Å². The van der Waals surface area contributed by atoms with Crippen molar-refractivity contribution in [2.24, 2.45) is 4.99 Å². The van der Waals surface area contributed by atoms with Gasteiger partial charge in [-0.25, -0.2) is 0 Å². The van der Waals surface area contributed by atoms with Crippen LogP contribution in [0.1, 0.15) is 41.5 Å². The fraction of sp³-hybridized carbons (Fsp3) is 0.300. The number of ketones is 1. The Labute approximate surface area is 135 Å². The fourth-order valence-electron chi connectivity index (χ4n) is 1.86. The van der Waals surface area contributed by atoms with Gasteiger partial charge in [0, 0.05) is 18.0 Å². The van der Waals surface area contributed by atoms with Crippen molar-refractivity contribution in [1.82, 2.24) is 0 Å². The minimum absolute atomic E-state index is 0.0200. The average Bonchev–Trinajstić information content (AvgIpc) is 2.37. The zero-order chi connectivity index (χ0) is 17.3. The quantitative estimate of drug-likeness (QED) is 0.345. The number of nitrogens with zero attached hydrogens (tertiary/aromatic N) is 1. The molecule has 2 heteroatoms. The number of carbonyl (C=O) groups is 1. The van der Waals surface area contributed by atoms with Gasteiger partial charge in [-0.05, 0) is 69.4 Å². The third kappa shape index (κ3) is 6.98. The van der Waals surface area contributed by atoms with Crippen LogP contribution in [0.5, 0.6) is 0 Å². The average molecular weight is 297 g/mol. The third-order valence-electron chi connectivity index (χ3n) is 2.97. The number of rotatable bonds is 7. The summed E-state index contributed by atoms with van der Waals surface area (Å²) in [6, 6.07) is 0. The second-order valence-electron chi connectivity index (χ2n) is 5.43. The van der Waals surface area contributed by atoms with E-state index < -0.39 is 0 Å². The Morgan fingerprint density at radius 3 is 2.00 bits per heavy atom. The maximum atomic E-state index is 11.9. The molecule has 0 fully saturated rings. The van der Waals surface area contributed by atoms with Crippen LogP contribution in [0.3, 0.4) is 0 Å². The molecular formula is C20H27NO. The number of hydrogen-bond donors (Lipinski definition) is 0. The van der Waals surface area contributed by atoms with E-state index >= 15 is 0 Å². The predicted molar refractivity (Wildman–Crippen MR) is 98.2 cm³/mol. The minimum atomic E-state index is 0.0200. The summed E-state index contributed by atoms with van der Waals surface area (Å²) in [7, 11) is 0. The van der Waals surface area contributed by atoms with E-state index in [1.54, 1.807) is 19.3 Å². The first-order chi connectivity index (χ1) is 10.2. The zero-order valence-electron chi connectivity index (χ0n) is 14.7. The summed E-state index contributed by atoms with van der Waals surface area (Å²) in [6.45, 7) is 18.9. The third-order valence-corrected chi connectivity index (χ3v) is 2.97. The Kier molecular flexibility index (Phi) is 8.69. The van der Waals surface area contributed by atoms with Crippen molar-refractivity contribution < 1.29 is 4.79 Å². The van der Waals surface area contributed by atoms with Crippen LogP contribution >= 0.6 is 0 Å². The van der Waals surface area contributed by atoms with Crippen LogP contribution in [0.2, 0.25) is 0 Å². The molecule has 0 radical (unpaired) electrons. The summed E-state index contributed by atoms with van der Waals surface area (Å²) in [5, 5.41) is 0. The van der Waals surface area contributed by atoms with Crippen molar-refractivity contribution in [2.45, 2.75) is 41.5 Å². The second-order valence-corrected chi connectivity index (χ2v) is 5.43. The highest BCUT2D eigenvalue weighted by Gasteiger charge is 2.09. The van der Waals surface area contributed by atoms with Crippen LogP contribution < -0.4 is 0 Å². The molecule has 0 rings (SSSR count). The molecule has 0 bridgehead atoms. The summed E-state index contributed by atoms with van der Waals surface area (Å²) in [4.78, 5) is 16.1. The maximum absolute atomic E-state index is 11.9. The molecular weight excluding hydrogens is 270 g/mol. The molecule has 0 aliphatic carbocycles. The van der Waals surface area contributed by atoms with Gasteiger partial charge in [-0.2, -0.15) is 0 Å². The molecule has 0 heterocycles. The molecule has 22 heavy (non-hydrogen) atoms. The van der Waals surface area contributed by atoms with Crippen molar-refractivity contribution in [3.8, 4) is 0 Å². The maximum Gasteiger partial charge on any atom is 0.160 e. The summed E-state index contributed by atoms with van der Waals surface area (Å²) in [6.07, 6.45) is 9.35. The first-order valence-corrected chi connectivity index (χ1v) is 7.28. The van der Waals surface area contributed by atoms with E-state index in [1.807, 2.05) is 52.8 Å². The number of aliphatic imine (C=N–C) groups is 1. The van der Waals surface area contributed by atoms with Gasteiger partial charge < -0.3 is 0 Å². The molecule has 0 amide bonds. The first kappa shape index (κ1) is 19.8. The fourth-order valence-corrected chi connectivity index (χ4v) is 1.86. The highest BCUT2D eigenvalue weighted by Crippen LogP contribution is 2.20. The predicted octanol–water partition coefficient (Wildman–Crippen LogP) is 5.52. The second kappa shape index (κ2) is 9.67. The topological polar surface area (TPSA) is 29.4 Å². The molecule has 0 aromatic heterocycles. The van der Waals surface area contributed by atoms with Crippen molar-refractivity contribution in [3.63, 3.8) is 0 Å². The molecule has 0 aromatic carbocycles. The first-order valence-electron chi connectivity index (χ1n) is 7.28. The van der Waals surface area contributed by atoms with Crippen molar-refractivity contribution >= 4 is 12.0 Å². The standard InChI is InChI=1S/C20H27NO/c1-9-10-19(20(15(4)5)18(8)22)11-16(6)17(7)13-21-12-14(2)3/h9-13H,2,4H2,1,3,5-8H3/b10-9?,16-11+,17-13+,20-19+,21-12?. The number of Topliss-reactive ketones (excluding diaryl/α,β-unsaturated/α-hetero) is 1. The molecule has 118 valence electrons. The minimum Gasteiger partial charge on any atom is -0.294 e. The Morgan fingerprint density at radius 1 is 1.00 bits per heavy atom. The van der Waals surface area contributed by atoms with Crippen molar-refractivity contribution in [1.29, 1.82) is 0 Å². The molecule has 0 aliphatic heterocycles. The molecule has 0 atom stereocenters. The van der Waals surface area contributed by atoms with Gasteiger partial charge in [0.2, 0.25) is 0 Å². The Morgan fingerprint density at radius 2 is 1.59 bits per heavy atom. The molecule has 0 spiro atoms. The van der Waals surface area contributed by atoms with Crippen LogP contribution in [0.25, 0.3) is 0 Å². The van der Waals surface area contributed by atoms with Gasteiger partial charge >= 0.3 is 0 Å². The van der Waals surface area contributed by atoms with E-state index in [-0.39, 0.29) is 5.78 Å². The van der Waals surface area contributed by atoms with Crippen LogP contribution in [0, 0.1) is 0 Å². The normalized spacial score (nSPS) is 14.5. The highest BCUT2D eigenvalue weighted by molar-refractivity contribution is 5.99. The molecule has 0 saturated heterocycles. The SMILES string of the molecule is C=C(C)C=N/C=C(C)/C(C)=C/C(C=CC)=C(\C(=C)C)C(C)=O. The van der Waals surface area contributed by atoms with Crippen LogP contribution in [0.15, 0.2) is 76.0 Å². The number of allylic oxidation sites excluding steroid dienone is 9. The van der Waals surface area contributed by atoms with Gasteiger partial charge in [0.05, 0.1) is 0 Å². The molecule has 2 nitrogen and oxygen atoms in total. The van der Waals surface area contributed by atoms with Gasteiger partial charge in [-0.3, -0.25) is 9.79 Å². The Hall–Kier alpha value is -2.22. The molecule has 0 N–H and O–H groups in total. The molecule has 0 unspecified atom stereocenters. The van der Waals surface area contributed by atoms with Gasteiger partial charge in [-0.15, -0.1) is 0 Å². The summed E-state index contributed by atoms with van der Waals surface area (Å²) < 4.78 is 0. The largest absolute Gasteiger partial charge is 0.294 e. The summed E-state index contributed by atoms with van der Waals surface area (Å²) >= 11 is 0. The monoisotopic (exact) mass is 297 g/mol. The van der Waals surface area contributed by atoms with Crippen LogP contribution in [-0.4, -0.2) is 12.0 Å². The lowest BCUT2D eigenvalue weighted by Crippen LogP contribution is -2.01. The molecule has 0 aliphatic rings. The summed E-state index contributed by atoms with van der Waals surface area (Å²) in [5.74, 6) is 0.0200. The van der Waals surface area contributed by atoms with Gasteiger partial charge in [0.15, 0.2) is 5.78 Å². The molecule has 0 saturated carbocycles. The van der Waals surface area contributed by atoms with Crippen LogP contribution in [-0.2, 0) is 4.79 Å². The number of carbonyl (C=O) groups excluding carboxylic acids is 1. The lowest BCUT2D eigenvalue weighted by Gasteiger charge is -2.09. The smallest absolute Gasteiger partial charge is 0.160 e. The van der Waals surface area contributed by atoms with E-state index in [0.717, 1.165) is 27.9 Å². The van der Waals surface area contributed by atoms with Crippen molar-refractivity contribution in [2.75, 3.05) is 0 Å². The van der Waals surface area contributed by atoms with E-state index in [0.29, 0.717) is 5.57 Å². The zero-order valence-corrected chi connectivity index (χ0v) is 14.7. The van der Waals surface area contributed by atoms with E-state index in [2.05, 4.69) is 18.2 Å².